The minimum atomic E-state index is -0.423. The highest BCUT2D eigenvalue weighted by Crippen LogP contribution is 2.37. The van der Waals surface area contributed by atoms with Crippen molar-refractivity contribution in [3.8, 4) is 11.5 Å². The van der Waals surface area contributed by atoms with Crippen LogP contribution in [-0.2, 0) is 13.2 Å². The molecule has 0 amide bonds. The molecule has 10 heteroatoms. The van der Waals surface area contributed by atoms with Crippen LogP contribution in [0.1, 0.15) is 11.1 Å². The number of ether oxygens (including phenoxy) is 2. The first kappa shape index (κ1) is 26.4. The van der Waals surface area contributed by atoms with E-state index < -0.39 is 4.92 Å². The van der Waals surface area contributed by atoms with Crippen molar-refractivity contribution in [1.82, 2.24) is 5.32 Å². The molecule has 0 aliphatic carbocycles. The minimum Gasteiger partial charge on any atom is -0.493 e. The Morgan fingerprint density at radius 3 is 2.48 bits per heavy atom. The predicted octanol–water partition coefficient (Wildman–Crippen LogP) is 5.71. The molecule has 0 radical (unpaired) electrons. The number of anilines is 1. The van der Waals surface area contributed by atoms with Gasteiger partial charge in [0, 0.05) is 43.0 Å². The molecule has 0 spiro atoms. The molecule has 176 valence electrons. The lowest BCUT2D eigenvalue weighted by atomic mass is 10.2. The smallest absolute Gasteiger partial charge is 0.269 e. The molecule has 0 fully saturated rings. The van der Waals surface area contributed by atoms with Gasteiger partial charge in [-0.3, -0.25) is 10.1 Å². The molecule has 3 aromatic rings. The van der Waals surface area contributed by atoms with Gasteiger partial charge in [0.1, 0.15) is 12.4 Å². The molecule has 2 N–H and O–H groups in total. The van der Waals surface area contributed by atoms with Gasteiger partial charge in [0.05, 0.1) is 16.5 Å². The standard InChI is InChI=1S/C23H23BrFN3O4.ClH/c1-31-22-13-16(12-20(24)23(22)32-15-17-4-2-3-5-21(17)25)14-26-10-11-27-18-6-8-19(9-7-18)28(29)30;/h2-9,12-13,26-27H,10-11,14-15H2,1H3;1H. The van der Waals surface area contributed by atoms with E-state index in [-0.39, 0.29) is 30.5 Å². The number of benzene rings is 3. The number of rotatable bonds is 11. The average Bonchev–Trinajstić information content (AvgIpc) is 2.79. The van der Waals surface area contributed by atoms with Crippen LogP contribution in [0.25, 0.3) is 0 Å². The SMILES string of the molecule is COc1cc(CNCCNc2ccc([N+](=O)[O-])cc2)cc(Br)c1OCc1ccccc1F.Cl. The van der Waals surface area contributed by atoms with Crippen LogP contribution in [0.15, 0.2) is 65.1 Å². The third kappa shape index (κ3) is 7.59. The summed E-state index contributed by atoms with van der Waals surface area (Å²) >= 11 is 3.51. The summed E-state index contributed by atoms with van der Waals surface area (Å²) in [4.78, 5) is 10.3. The summed E-state index contributed by atoms with van der Waals surface area (Å²) in [5.74, 6) is 0.751. The summed E-state index contributed by atoms with van der Waals surface area (Å²) in [7, 11) is 1.56. The maximum atomic E-state index is 13.8. The molecule has 0 unspecified atom stereocenters. The molecule has 0 heterocycles. The van der Waals surface area contributed by atoms with Crippen molar-refractivity contribution in [2.75, 3.05) is 25.5 Å². The number of non-ortho nitro benzene ring substituents is 1. The van der Waals surface area contributed by atoms with Crippen LogP contribution in [0.4, 0.5) is 15.8 Å². The van der Waals surface area contributed by atoms with E-state index in [1.54, 1.807) is 37.4 Å². The number of hydrogen-bond donors (Lipinski definition) is 2. The van der Waals surface area contributed by atoms with E-state index in [4.69, 9.17) is 9.47 Å². The van der Waals surface area contributed by atoms with Gasteiger partial charge in [-0.15, -0.1) is 12.4 Å². The minimum absolute atomic E-state index is 0. The first-order valence-corrected chi connectivity index (χ1v) is 10.7. The van der Waals surface area contributed by atoms with E-state index in [2.05, 4.69) is 26.6 Å². The van der Waals surface area contributed by atoms with E-state index >= 15 is 0 Å². The summed E-state index contributed by atoms with van der Waals surface area (Å²) < 4.78 is 25.8. The molecule has 33 heavy (non-hydrogen) atoms. The van der Waals surface area contributed by atoms with Gasteiger partial charge in [0.15, 0.2) is 11.5 Å². The number of halogens is 3. The summed E-state index contributed by atoms with van der Waals surface area (Å²) in [6.45, 7) is 2.03. The second-order valence-corrected chi connectivity index (χ2v) is 7.75. The van der Waals surface area contributed by atoms with Gasteiger partial charge in [-0.1, -0.05) is 18.2 Å². The molecular formula is C23H24BrClFN3O4. The lowest BCUT2D eigenvalue weighted by molar-refractivity contribution is -0.384. The number of nitro benzene ring substituents is 1. The number of methoxy groups -OCH3 is 1. The van der Waals surface area contributed by atoms with Gasteiger partial charge in [-0.05, 0) is 51.8 Å². The van der Waals surface area contributed by atoms with Crippen molar-refractivity contribution < 1.29 is 18.8 Å². The molecule has 0 saturated heterocycles. The van der Waals surface area contributed by atoms with Crippen molar-refractivity contribution in [3.63, 3.8) is 0 Å². The van der Waals surface area contributed by atoms with E-state index in [1.165, 1.54) is 18.2 Å². The first-order chi connectivity index (χ1) is 15.5. The van der Waals surface area contributed by atoms with Crippen LogP contribution < -0.4 is 20.1 Å². The second kappa shape index (κ2) is 13.0. The Balaban J connectivity index is 0.00000385. The normalized spacial score (nSPS) is 10.3. The van der Waals surface area contributed by atoms with Crippen molar-refractivity contribution in [3.05, 3.63) is 92.2 Å². The summed E-state index contributed by atoms with van der Waals surface area (Å²) in [6, 6.07) is 16.6. The summed E-state index contributed by atoms with van der Waals surface area (Å²) in [5.41, 5.74) is 2.34. The van der Waals surface area contributed by atoms with E-state index in [9.17, 15) is 14.5 Å². The van der Waals surface area contributed by atoms with Gasteiger partial charge >= 0.3 is 0 Å². The Morgan fingerprint density at radius 1 is 1.09 bits per heavy atom. The quantitative estimate of drug-likeness (QED) is 0.184. The van der Waals surface area contributed by atoms with E-state index in [1.807, 2.05) is 12.1 Å². The fourth-order valence-electron chi connectivity index (χ4n) is 3.01. The monoisotopic (exact) mass is 539 g/mol. The Bertz CT molecular complexity index is 1070. The second-order valence-electron chi connectivity index (χ2n) is 6.90. The molecule has 0 saturated carbocycles. The van der Waals surface area contributed by atoms with E-state index in [0.29, 0.717) is 41.2 Å². The van der Waals surface area contributed by atoms with Crippen molar-refractivity contribution in [2.45, 2.75) is 13.2 Å². The highest BCUT2D eigenvalue weighted by atomic mass is 79.9. The van der Waals surface area contributed by atoms with Gasteiger partial charge in [0.2, 0.25) is 0 Å². The summed E-state index contributed by atoms with van der Waals surface area (Å²) in [5, 5.41) is 17.2. The van der Waals surface area contributed by atoms with Crippen LogP contribution >= 0.6 is 28.3 Å². The molecule has 0 bridgehead atoms. The third-order valence-corrected chi connectivity index (χ3v) is 5.25. The van der Waals surface area contributed by atoms with Crippen LogP contribution in [0.3, 0.4) is 0 Å². The maximum absolute atomic E-state index is 13.8. The highest BCUT2D eigenvalue weighted by Gasteiger charge is 2.13. The van der Waals surface area contributed by atoms with Crippen LogP contribution in [0.2, 0.25) is 0 Å². The Labute approximate surface area is 206 Å². The van der Waals surface area contributed by atoms with Crippen molar-refractivity contribution in [1.29, 1.82) is 0 Å². The lowest BCUT2D eigenvalue weighted by Crippen LogP contribution is -2.21. The predicted molar refractivity (Wildman–Crippen MR) is 132 cm³/mol. The van der Waals surface area contributed by atoms with Gasteiger partial charge in [-0.2, -0.15) is 0 Å². The maximum Gasteiger partial charge on any atom is 0.269 e. The molecule has 0 aliphatic rings. The van der Waals surface area contributed by atoms with Crippen LogP contribution in [0.5, 0.6) is 11.5 Å². The van der Waals surface area contributed by atoms with Crippen molar-refractivity contribution in [2.24, 2.45) is 0 Å². The number of hydrogen-bond acceptors (Lipinski definition) is 6. The third-order valence-electron chi connectivity index (χ3n) is 4.66. The van der Waals surface area contributed by atoms with Crippen molar-refractivity contribution >= 4 is 39.7 Å². The largest absolute Gasteiger partial charge is 0.493 e. The Kier molecular flexibility index (Phi) is 10.4. The van der Waals surface area contributed by atoms with Gasteiger partial charge in [0.25, 0.3) is 5.69 Å². The fourth-order valence-corrected chi connectivity index (χ4v) is 3.61. The van der Waals surface area contributed by atoms with Crippen LogP contribution in [-0.4, -0.2) is 25.1 Å². The van der Waals surface area contributed by atoms with E-state index in [0.717, 1.165) is 11.3 Å². The molecular weight excluding hydrogens is 517 g/mol. The number of nitrogens with zero attached hydrogens (tertiary/aromatic N) is 1. The lowest BCUT2D eigenvalue weighted by Gasteiger charge is -2.15. The van der Waals surface area contributed by atoms with Crippen LogP contribution in [0, 0.1) is 15.9 Å². The Morgan fingerprint density at radius 2 is 1.82 bits per heavy atom. The fraction of sp³-hybridized carbons (Fsp3) is 0.217. The molecule has 7 nitrogen and oxygen atoms in total. The zero-order valence-electron chi connectivity index (χ0n) is 17.8. The summed E-state index contributed by atoms with van der Waals surface area (Å²) in [6.07, 6.45) is 0. The number of nitrogens with one attached hydrogen (secondary N) is 2. The van der Waals surface area contributed by atoms with Gasteiger partial charge in [-0.25, -0.2) is 4.39 Å². The zero-order chi connectivity index (χ0) is 22.9. The molecule has 3 aromatic carbocycles. The molecule has 3 rings (SSSR count). The topological polar surface area (TPSA) is 85.7 Å². The Hall–Kier alpha value is -2.88. The highest BCUT2D eigenvalue weighted by molar-refractivity contribution is 9.10. The molecule has 0 aliphatic heterocycles. The number of nitro groups is 1. The average molecular weight is 541 g/mol. The first-order valence-electron chi connectivity index (χ1n) is 9.89. The zero-order valence-corrected chi connectivity index (χ0v) is 20.2. The molecule has 0 aromatic heterocycles. The van der Waals surface area contributed by atoms with Gasteiger partial charge < -0.3 is 20.1 Å². The molecule has 0 atom stereocenters.